The molecular formula is C17H12F2N4O6S. The SMILES string of the molecule is COc1cc(COC(=O)c2csc(-c3ncccn3)n2)c([N+](=O)[O-])cc1OC(F)F. The van der Waals surface area contributed by atoms with E-state index in [1.54, 1.807) is 6.07 Å². The minimum absolute atomic E-state index is 0.0327. The molecule has 0 amide bonds. The quantitative estimate of drug-likeness (QED) is 0.295. The minimum atomic E-state index is -3.20. The van der Waals surface area contributed by atoms with E-state index < -0.39 is 35.5 Å². The number of nitro groups is 1. The lowest BCUT2D eigenvalue weighted by atomic mass is 10.1. The second kappa shape index (κ2) is 9.17. The number of carbonyl (C=O) groups is 1. The van der Waals surface area contributed by atoms with E-state index in [2.05, 4.69) is 19.7 Å². The Labute approximate surface area is 171 Å². The monoisotopic (exact) mass is 438 g/mol. The van der Waals surface area contributed by atoms with Crippen LogP contribution in [0, 0.1) is 10.1 Å². The number of hydrogen-bond donors (Lipinski definition) is 0. The van der Waals surface area contributed by atoms with Crippen LogP contribution in [0.25, 0.3) is 10.8 Å². The predicted molar refractivity (Wildman–Crippen MR) is 98.5 cm³/mol. The van der Waals surface area contributed by atoms with Crippen LogP contribution in [0.3, 0.4) is 0 Å². The number of aromatic nitrogens is 3. The molecule has 0 unspecified atom stereocenters. The van der Waals surface area contributed by atoms with Gasteiger partial charge in [-0.25, -0.2) is 19.7 Å². The Morgan fingerprint density at radius 3 is 2.63 bits per heavy atom. The van der Waals surface area contributed by atoms with Gasteiger partial charge in [0.1, 0.15) is 6.61 Å². The molecule has 0 fully saturated rings. The van der Waals surface area contributed by atoms with Gasteiger partial charge in [0.15, 0.2) is 28.0 Å². The van der Waals surface area contributed by atoms with Crippen LogP contribution in [0.1, 0.15) is 16.1 Å². The van der Waals surface area contributed by atoms with E-state index >= 15 is 0 Å². The first kappa shape index (κ1) is 21.0. The summed E-state index contributed by atoms with van der Waals surface area (Å²) in [7, 11) is 1.18. The fourth-order valence-electron chi connectivity index (χ4n) is 2.32. The summed E-state index contributed by atoms with van der Waals surface area (Å²) < 4.78 is 39.2. The first-order valence-electron chi connectivity index (χ1n) is 8.09. The number of hydrogen-bond acceptors (Lipinski definition) is 10. The molecule has 0 spiro atoms. The van der Waals surface area contributed by atoms with E-state index in [1.165, 1.54) is 24.9 Å². The highest BCUT2D eigenvalue weighted by molar-refractivity contribution is 7.13. The zero-order valence-electron chi connectivity index (χ0n) is 15.2. The maximum Gasteiger partial charge on any atom is 0.387 e. The predicted octanol–water partition coefficient (Wildman–Crippen LogP) is 3.48. The molecule has 10 nitrogen and oxygen atoms in total. The number of carbonyl (C=O) groups excluding carboxylic acids is 1. The molecule has 0 aliphatic carbocycles. The molecule has 0 bridgehead atoms. The second-order valence-electron chi connectivity index (χ2n) is 5.45. The third kappa shape index (κ3) is 4.81. The Hall–Kier alpha value is -3.74. The van der Waals surface area contributed by atoms with Crippen molar-refractivity contribution in [3.05, 3.63) is 57.3 Å². The van der Waals surface area contributed by atoms with Crippen molar-refractivity contribution in [1.29, 1.82) is 0 Å². The van der Waals surface area contributed by atoms with Crippen molar-refractivity contribution in [2.45, 2.75) is 13.2 Å². The lowest BCUT2D eigenvalue weighted by Gasteiger charge is -2.12. The standard InChI is InChI=1S/C17H12F2N4O6S/c1-27-12-5-9(11(23(25)26)6-13(12)29-17(18)19)7-28-16(24)10-8-30-15(22-10)14-20-3-2-4-21-14/h2-6,8,17H,7H2,1H3. The van der Waals surface area contributed by atoms with Gasteiger partial charge in [-0.1, -0.05) is 0 Å². The first-order valence-corrected chi connectivity index (χ1v) is 8.97. The van der Waals surface area contributed by atoms with E-state index in [-0.39, 0.29) is 17.0 Å². The summed E-state index contributed by atoms with van der Waals surface area (Å²) in [6.45, 7) is -3.72. The molecule has 2 heterocycles. The normalized spacial score (nSPS) is 10.7. The highest BCUT2D eigenvalue weighted by atomic mass is 32.1. The Bertz CT molecular complexity index is 1060. The minimum Gasteiger partial charge on any atom is -0.493 e. The molecule has 0 atom stereocenters. The molecule has 0 saturated heterocycles. The Morgan fingerprint density at radius 1 is 1.27 bits per heavy atom. The molecule has 0 N–H and O–H groups in total. The molecule has 3 rings (SSSR count). The molecule has 3 aromatic rings. The molecule has 1 aromatic carbocycles. The largest absolute Gasteiger partial charge is 0.493 e. The Morgan fingerprint density at radius 2 is 2.00 bits per heavy atom. The van der Waals surface area contributed by atoms with Gasteiger partial charge in [-0.3, -0.25) is 10.1 Å². The number of halogens is 2. The highest BCUT2D eigenvalue weighted by Crippen LogP contribution is 2.36. The molecule has 0 saturated carbocycles. The van der Waals surface area contributed by atoms with Crippen molar-refractivity contribution >= 4 is 23.0 Å². The average Bonchev–Trinajstić information content (AvgIpc) is 3.22. The number of alkyl halides is 2. The van der Waals surface area contributed by atoms with Crippen molar-refractivity contribution < 1.29 is 32.7 Å². The second-order valence-corrected chi connectivity index (χ2v) is 6.31. The van der Waals surface area contributed by atoms with Crippen molar-refractivity contribution in [1.82, 2.24) is 15.0 Å². The van der Waals surface area contributed by atoms with Gasteiger partial charge < -0.3 is 14.2 Å². The van der Waals surface area contributed by atoms with Crippen molar-refractivity contribution in [3.63, 3.8) is 0 Å². The first-order chi connectivity index (χ1) is 14.4. The van der Waals surface area contributed by atoms with Gasteiger partial charge in [0.05, 0.1) is 23.7 Å². The summed E-state index contributed by atoms with van der Waals surface area (Å²) >= 11 is 1.12. The van der Waals surface area contributed by atoms with Gasteiger partial charge in [0, 0.05) is 17.8 Å². The number of rotatable bonds is 8. The third-order valence-corrected chi connectivity index (χ3v) is 4.45. The van der Waals surface area contributed by atoms with Crippen LogP contribution in [0.4, 0.5) is 14.5 Å². The van der Waals surface area contributed by atoms with E-state index in [1.807, 2.05) is 0 Å². The van der Waals surface area contributed by atoms with Crippen LogP contribution in [-0.2, 0) is 11.3 Å². The fraction of sp³-hybridized carbons (Fsp3) is 0.176. The average molecular weight is 438 g/mol. The number of thiazole rings is 1. The molecule has 30 heavy (non-hydrogen) atoms. The number of nitrogens with zero attached hydrogens (tertiary/aromatic N) is 4. The van der Waals surface area contributed by atoms with E-state index in [0.29, 0.717) is 10.8 Å². The summed E-state index contributed by atoms with van der Waals surface area (Å²) in [6.07, 6.45) is 3.05. The number of esters is 1. The summed E-state index contributed by atoms with van der Waals surface area (Å²) in [5.41, 5.74) is -0.681. The molecule has 2 aromatic heterocycles. The zero-order valence-corrected chi connectivity index (χ0v) is 16.0. The van der Waals surface area contributed by atoms with Gasteiger partial charge in [0.25, 0.3) is 5.69 Å². The number of methoxy groups -OCH3 is 1. The summed E-state index contributed by atoms with van der Waals surface area (Å²) in [5, 5.41) is 13.1. The molecule has 13 heteroatoms. The van der Waals surface area contributed by atoms with Gasteiger partial charge >= 0.3 is 12.6 Å². The number of ether oxygens (including phenoxy) is 3. The lowest BCUT2D eigenvalue weighted by molar-refractivity contribution is -0.386. The van der Waals surface area contributed by atoms with Gasteiger partial charge in [-0.2, -0.15) is 8.78 Å². The van der Waals surface area contributed by atoms with Crippen molar-refractivity contribution in [2.24, 2.45) is 0 Å². The van der Waals surface area contributed by atoms with E-state index in [4.69, 9.17) is 9.47 Å². The fourth-order valence-corrected chi connectivity index (χ4v) is 3.06. The molecule has 0 aliphatic heterocycles. The molecular weight excluding hydrogens is 426 g/mol. The molecule has 0 radical (unpaired) electrons. The van der Waals surface area contributed by atoms with Gasteiger partial charge in [0.2, 0.25) is 0 Å². The Kier molecular flexibility index (Phi) is 6.41. The summed E-state index contributed by atoms with van der Waals surface area (Å²) in [6, 6.07) is 3.50. The summed E-state index contributed by atoms with van der Waals surface area (Å²) in [4.78, 5) is 34.9. The molecule has 0 aliphatic rings. The molecule has 156 valence electrons. The zero-order chi connectivity index (χ0) is 21.7. The van der Waals surface area contributed by atoms with Crippen LogP contribution < -0.4 is 9.47 Å². The van der Waals surface area contributed by atoms with Gasteiger partial charge in [-0.05, 0) is 12.1 Å². The van der Waals surface area contributed by atoms with Crippen molar-refractivity contribution in [2.75, 3.05) is 7.11 Å². The van der Waals surface area contributed by atoms with Crippen LogP contribution in [0.5, 0.6) is 11.5 Å². The number of benzene rings is 1. The summed E-state index contributed by atoms with van der Waals surface area (Å²) in [5.74, 6) is -1.20. The third-order valence-electron chi connectivity index (χ3n) is 3.61. The highest BCUT2D eigenvalue weighted by Gasteiger charge is 2.23. The van der Waals surface area contributed by atoms with Gasteiger partial charge in [-0.15, -0.1) is 11.3 Å². The van der Waals surface area contributed by atoms with Crippen LogP contribution in [0.2, 0.25) is 0 Å². The smallest absolute Gasteiger partial charge is 0.387 e. The van der Waals surface area contributed by atoms with Crippen molar-refractivity contribution in [3.8, 4) is 22.3 Å². The maximum absolute atomic E-state index is 12.5. The van der Waals surface area contributed by atoms with Crippen LogP contribution in [0.15, 0.2) is 36.0 Å². The Balaban J connectivity index is 1.78. The lowest BCUT2D eigenvalue weighted by Crippen LogP contribution is -2.09. The maximum atomic E-state index is 12.5. The number of nitro benzene ring substituents is 1. The van der Waals surface area contributed by atoms with Crippen LogP contribution >= 0.6 is 11.3 Å². The van der Waals surface area contributed by atoms with E-state index in [9.17, 15) is 23.7 Å². The van der Waals surface area contributed by atoms with E-state index in [0.717, 1.165) is 23.5 Å². The van der Waals surface area contributed by atoms with Crippen LogP contribution in [-0.4, -0.2) is 39.6 Å². The topological polar surface area (TPSA) is 127 Å².